The normalized spacial score (nSPS) is 23.2. The summed E-state index contributed by atoms with van der Waals surface area (Å²) in [5, 5.41) is 12.2. The lowest BCUT2D eigenvalue weighted by atomic mass is 10.1. The van der Waals surface area contributed by atoms with Crippen LogP contribution in [0.1, 0.15) is 24.2 Å². The molecule has 10 nitrogen and oxygen atoms in total. The van der Waals surface area contributed by atoms with Gasteiger partial charge in [0.2, 0.25) is 5.79 Å². The molecule has 2 aromatic rings. The van der Waals surface area contributed by atoms with E-state index in [1.807, 2.05) is 18.0 Å². The summed E-state index contributed by atoms with van der Waals surface area (Å²) in [4.78, 5) is 13.1. The smallest absolute Gasteiger partial charge is 0.212 e. The molecular formula is C20H23F2N9O. The minimum atomic E-state index is -1.55. The first-order valence-corrected chi connectivity index (χ1v) is 10.3. The zero-order valence-electron chi connectivity index (χ0n) is 17.4. The fraction of sp³-hybridized carbons (Fsp3) is 0.400. The molecule has 0 aliphatic carbocycles. The van der Waals surface area contributed by atoms with Crippen molar-refractivity contribution in [3.63, 3.8) is 0 Å². The van der Waals surface area contributed by atoms with Gasteiger partial charge in [0.25, 0.3) is 0 Å². The van der Waals surface area contributed by atoms with Gasteiger partial charge in [-0.15, -0.1) is 0 Å². The van der Waals surface area contributed by atoms with Gasteiger partial charge in [-0.05, 0) is 19.8 Å². The molecule has 168 valence electrons. The quantitative estimate of drug-likeness (QED) is 0.561. The van der Waals surface area contributed by atoms with Crippen molar-refractivity contribution in [3.05, 3.63) is 53.1 Å². The van der Waals surface area contributed by atoms with Gasteiger partial charge in [-0.25, -0.2) is 18.8 Å². The minimum Gasteiger partial charge on any atom is -0.381 e. The molecule has 0 saturated carbocycles. The van der Waals surface area contributed by atoms with Gasteiger partial charge in [-0.2, -0.15) is 5.10 Å². The van der Waals surface area contributed by atoms with Crippen molar-refractivity contribution in [3.8, 4) is 0 Å². The number of amidine groups is 2. The molecule has 0 amide bonds. The van der Waals surface area contributed by atoms with E-state index in [0.29, 0.717) is 36.3 Å². The Morgan fingerprint density at radius 3 is 2.81 bits per heavy atom. The maximum atomic E-state index is 14.3. The van der Waals surface area contributed by atoms with Gasteiger partial charge in [-0.3, -0.25) is 20.8 Å². The summed E-state index contributed by atoms with van der Waals surface area (Å²) in [7, 11) is 0. The number of hydrazine groups is 1. The van der Waals surface area contributed by atoms with Crippen molar-refractivity contribution >= 4 is 17.5 Å². The summed E-state index contributed by atoms with van der Waals surface area (Å²) in [6, 6.07) is 2.74. The van der Waals surface area contributed by atoms with Crippen LogP contribution in [0.5, 0.6) is 0 Å². The summed E-state index contributed by atoms with van der Waals surface area (Å²) in [6.45, 7) is 3.18. The topological polar surface area (TPSA) is 129 Å². The van der Waals surface area contributed by atoms with Crippen LogP contribution in [-0.4, -0.2) is 56.9 Å². The minimum absolute atomic E-state index is 0.0204. The van der Waals surface area contributed by atoms with E-state index in [1.165, 1.54) is 0 Å². The second kappa shape index (κ2) is 7.95. The highest BCUT2D eigenvalue weighted by atomic mass is 19.1. The van der Waals surface area contributed by atoms with Crippen molar-refractivity contribution < 1.29 is 13.5 Å². The summed E-state index contributed by atoms with van der Waals surface area (Å²) in [6.07, 6.45) is 4.23. The standard InChI is InChI=1S/C20H23F2N9O/c1-11-6-17(30-29-11)26-18-14-10-25-31(13-2-4-32-5-3-13)19(14)28-20(23,27-18)8-16-15(22)7-12(21)9-24-16/h6-7,9-10,13,25H,2-5,8,23H2,1H3,(H2,26,27,29,30). The Bertz CT molecular complexity index is 1120. The maximum Gasteiger partial charge on any atom is 0.212 e. The summed E-state index contributed by atoms with van der Waals surface area (Å²) >= 11 is 0. The number of nitrogens with one attached hydrogen (secondary N) is 3. The number of rotatable bonds is 4. The number of aliphatic imine (C=N–C) groups is 2. The molecule has 0 spiro atoms. The fourth-order valence-corrected chi connectivity index (χ4v) is 3.96. The van der Waals surface area contributed by atoms with Crippen molar-refractivity contribution in [2.45, 2.75) is 38.0 Å². The van der Waals surface area contributed by atoms with Crippen molar-refractivity contribution in [2.24, 2.45) is 15.7 Å². The molecule has 0 radical (unpaired) electrons. The van der Waals surface area contributed by atoms with Gasteiger partial charge in [-0.1, -0.05) is 0 Å². The third-order valence-electron chi connectivity index (χ3n) is 5.50. The highest BCUT2D eigenvalue weighted by molar-refractivity contribution is 6.28. The Balaban J connectivity index is 1.51. The average molecular weight is 443 g/mol. The summed E-state index contributed by atoms with van der Waals surface area (Å²) < 4.78 is 33.1. The van der Waals surface area contributed by atoms with E-state index >= 15 is 0 Å². The van der Waals surface area contributed by atoms with E-state index in [1.54, 1.807) is 6.20 Å². The number of halogens is 2. The lowest BCUT2D eigenvalue weighted by Gasteiger charge is -2.36. The molecule has 2 aromatic heterocycles. The number of fused-ring (bicyclic) bond motifs is 1. The third-order valence-corrected chi connectivity index (χ3v) is 5.50. The maximum absolute atomic E-state index is 14.3. The van der Waals surface area contributed by atoms with Gasteiger partial charge in [0.05, 0.1) is 29.9 Å². The Labute approximate surface area is 182 Å². The number of nitrogens with two attached hydrogens (primary N) is 1. The van der Waals surface area contributed by atoms with Crippen LogP contribution >= 0.6 is 0 Å². The van der Waals surface area contributed by atoms with E-state index in [9.17, 15) is 8.78 Å². The molecule has 32 heavy (non-hydrogen) atoms. The van der Waals surface area contributed by atoms with E-state index in [0.717, 1.165) is 30.8 Å². The van der Waals surface area contributed by atoms with Crippen LogP contribution < -0.4 is 16.5 Å². The lowest BCUT2D eigenvalue weighted by Crippen LogP contribution is -2.52. The van der Waals surface area contributed by atoms with Crippen LogP contribution in [0.15, 0.2) is 40.1 Å². The summed E-state index contributed by atoms with van der Waals surface area (Å²) in [5.41, 5.74) is 11.4. The number of aromatic nitrogens is 3. The number of hydrogen-bond donors (Lipinski definition) is 4. The first-order chi connectivity index (χ1) is 15.4. The molecular weight excluding hydrogens is 420 g/mol. The van der Waals surface area contributed by atoms with Gasteiger partial charge < -0.3 is 15.5 Å². The van der Waals surface area contributed by atoms with Gasteiger partial charge in [0, 0.05) is 37.2 Å². The van der Waals surface area contributed by atoms with Crippen LogP contribution in [0.25, 0.3) is 0 Å². The zero-order chi connectivity index (χ0) is 22.3. The molecule has 1 atom stereocenters. The number of H-pyrrole nitrogens is 1. The second-order valence-electron chi connectivity index (χ2n) is 8.00. The molecule has 3 aliphatic heterocycles. The number of nitrogens with zero attached hydrogens (tertiary/aromatic N) is 5. The van der Waals surface area contributed by atoms with Gasteiger partial charge >= 0.3 is 0 Å². The summed E-state index contributed by atoms with van der Waals surface area (Å²) in [5.74, 6) is -1.53. The average Bonchev–Trinajstić information content (AvgIpc) is 3.36. The Hall–Kier alpha value is -3.38. The first-order valence-electron chi connectivity index (χ1n) is 10.3. The Kier molecular flexibility index (Phi) is 5.10. The number of aryl methyl sites for hydroxylation is 1. The molecule has 5 N–H and O–H groups in total. The van der Waals surface area contributed by atoms with Crippen LogP contribution in [-0.2, 0) is 11.2 Å². The van der Waals surface area contributed by atoms with Crippen molar-refractivity contribution in [1.29, 1.82) is 0 Å². The van der Waals surface area contributed by atoms with Gasteiger partial charge in [0.1, 0.15) is 17.5 Å². The van der Waals surface area contributed by atoms with E-state index in [2.05, 4.69) is 35.9 Å². The van der Waals surface area contributed by atoms with Crippen LogP contribution in [0, 0.1) is 18.6 Å². The molecule has 3 aliphatic rings. The number of pyridine rings is 1. The van der Waals surface area contributed by atoms with Crippen molar-refractivity contribution in [2.75, 3.05) is 18.5 Å². The second-order valence-corrected chi connectivity index (χ2v) is 8.00. The number of hydrogen-bond acceptors (Lipinski definition) is 9. The fourth-order valence-electron chi connectivity index (χ4n) is 3.96. The molecule has 1 unspecified atom stereocenters. The predicted molar refractivity (Wildman–Crippen MR) is 113 cm³/mol. The van der Waals surface area contributed by atoms with E-state index in [4.69, 9.17) is 10.5 Å². The highest BCUT2D eigenvalue weighted by Gasteiger charge is 2.40. The van der Waals surface area contributed by atoms with Crippen molar-refractivity contribution in [1.82, 2.24) is 25.6 Å². The number of aromatic amines is 1. The molecule has 5 heterocycles. The molecule has 0 aromatic carbocycles. The number of ether oxygens (including phenoxy) is 1. The molecule has 12 heteroatoms. The monoisotopic (exact) mass is 443 g/mol. The number of anilines is 1. The lowest BCUT2D eigenvalue weighted by molar-refractivity contribution is 0.0486. The van der Waals surface area contributed by atoms with Crippen LogP contribution in [0.3, 0.4) is 0 Å². The largest absolute Gasteiger partial charge is 0.381 e. The molecule has 5 rings (SSSR count). The van der Waals surface area contributed by atoms with Crippen LogP contribution in [0.4, 0.5) is 14.6 Å². The predicted octanol–water partition coefficient (Wildman–Crippen LogP) is 1.35. The Morgan fingerprint density at radius 2 is 2.09 bits per heavy atom. The first kappa shape index (κ1) is 20.5. The highest BCUT2D eigenvalue weighted by Crippen LogP contribution is 2.29. The Morgan fingerprint density at radius 1 is 1.28 bits per heavy atom. The third kappa shape index (κ3) is 3.94. The van der Waals surface area contributed by atoms with Crippen LogP contribution in [0.2, 0.25) is 0 Å². The van der Waals surface area contributed by atoms with Gasteiger partial charge in [0.15, 0.2) is 11.7 Å². The zero-order valence-corrected chi connectivity index (χ0v) is 17.4. The van der Waals surface area contributed by atoms with E-state index < -0.39 is 17.4 Å². The molecule has 0 bridgehead atoms. The SMILES string of the molecule is Cc1cc(NC2=NC(N)(Cc3ncc(F)cc3F)N=C3C2=CNN3C2CCOCC2)n[nH]1. The molecule has 1 saturated heterocycles. The molecule has 1 fully saturated rings. The van der Waals surface area contributed by atoms with E-state index in [-0.39, 0.29) is 18.2 Å².